The molecule has 1 aromatic heterocycles. The summed E-state index contributed by atoms with van der Waals surface area (Å²) < 4.78 is 5.77. The average molecular weight is 353 g/mol. The zero-order chi connectivity index (χ0) is 17.1. The van der Waals surface area contributed by atoms with E-state index >= 15 is 0 Å². The molecule has 0 saturated heterocycles. The first kappa shape index (κ1) is 16.5. The van der Waals surface area contributed by atoms with Gasteiger partial charge in [0.2, 0.25) is 0 Å². The summed E-state index contributed by atoms with van der Waals surface area (Å²) in [6.07, 6.45) is 6.76. The van der Waals surface area contributed by atoms with E-state index in [1.807, 2.05) is 42.1 Å². The minimum absolute atomic E-state index is 0.121. The van der Waals surface area contributed by atoms with Gasteiger partial charge in [-0.25, -0.2) is 0 Å². The monoisotopic (exact) mass is 353 g/mol. The molecule has 0 unspecified atom stereocenters. The van der Waals surface area contributed by atoms with Gasteiger partial charge in [-0.1, -0.05) is 49.6 Å². The van der Waals surface area contributed by atoms with Crippen LogP contribution in [0.5, 0.6) is 0 Å². The number of carbonyl (C=O) groups is 1. The molecule has 0 radical (unpaired) electrons. The lowest BCUT2D eigenvalue weighted by Crippen LogP contribution is -2.26. The molecule has 1 amide bonds. The zero-order valence-electron chi connectivity index (χ0n) is 14.3. The molecule has 1 heterocycles. The van der Waals surface area contributed by atoms with Crippen molar-refractivity contribution in [1.29, 1.82) is 0 Å². The zero-order valence-corrected chi connectivity index (χ0v) is 15.1. The lowest BCUT2D eigenvalue weighted by molar-refractivity contribution is 0.0930. The molecule has 1 aliphatic rings. The number of hydrogen-bond acceptors (Lipinski definition) is 3. The Balaban J connectivity index is 1.39. The lowest BCUT2D eigenvalue weighted by atomic mass is 10.0. The highest BCUT2D eigenvalue weighted by atomic mass is 32.2. The summed E-state index contributed by atoms with van der Waals surface area (Å²) in [5, 5.41) is 7.05. The highest BCUT2D eigenvalue weighted by Crippen LogP contribution is 2.29. The van der Waals surface area contributed by atoms with E-state index in [-0.39, 0.29) is 5.91 Å². The maximum Gasteiger partial charge on any atom is 0.287 e. The molecular formula is C21H23NO2S. The van der Waals surface area contributed by atoms with Crippen molar-refractivity contribution in [2.45, 2.75) is 37.4 Å². The van der Waals surface area contributed by atoms with Crippen LogP contribution in [0.3, 0.4) is 0 Å². The van der Waals surface area contributed by atoms with Crippen LogP contribution in [-0.2, 0) is 0 Å². The fourth-order valence-corrected chi connectivity index (χ4v) is 4.83. The van der Waals surface area contributed by atoms with Crippen LogP contribution in [0.4, 0.5) is 0 Å². The van der Waals surface area contributed by atoms with E-state index < -0.39 is 0 Å². The van der Waals surface area contributed by atoms with Gasteiger partial charge in [0.25, 0.3) is 5.91 Å². The highest BCUT2D eigenvalue weighted by Gasteiger charge is 2.15. The van der Waals surface area contributed by atoms with Gasteiger partial charge in [-0.15, -0.1) is 0 Å². The SMILES string of the molecule is O=C(NCCSC1CCCCC1)c1cc2c(ccc3ccccc32)o1. The Morgan fingerprint density at radius 1 is 1.08 bits per heavy atom. The number of hydrogen-bond donors (Lipinski definition) is 1. The Bertz CT molecular complexity index is 880. The molecule has 3 aromatic rings. The second kappa shape index (κ2) is 7.52. The van der Waals surface area contributed by atoms with Gasteiger partial charge in [-0.2, -0.15) is 11.8 Å². The molecule has 1 fully saturated rings. The van der Waals surface area contributed by atoms with Crippen LogP contribution < -0.4 is 5.32 Å². The number of rotatable bonds is 5. The largest absolute Gasteiger partial charge is 0.451 e. The number of nitrogens with one attached hydrogen (secondary N) is 1. The van der Waals surface area contributed by atoms with Gasteiger partial charge in [0.15, 0.2) is 5.76 Å². The summed E-state index contributed by atoms with van der Waals surface area (Å²) in [5.74, 6) is 1.25. The summed E-state index contributed by atoms with van der Waals surface area (Å²) in [7, 11) is 0. The molecular weight excluding hydrogens is 330 g/mol. The first-order valence-corrected chi connectivity index (χ1v) is 10.2. The third kappa shape index (κ3) is 3.69. The highest BCUT2D eigenvalue weighted by molar-refractivity contribution is 7.99. The molecule has 0 spiro atoms. The standard InChI is InChI=1S/C21H23NO2S/c23-21(22-12-13-25-16-7-2-1-3-8-16)20-14-18-17-9-5-4-6-15(17)10-11-19(18)24-20/h4-6,9-11,14,16H,1-3,7-8,12-13H2,(H,22,23). The maximum absolute atomic E-state index is 12.4. The molecule has 1 saturated carbocycles. The van der Waals surface area contributed by atoms with Crippen LogP contribution >= 0.6 is 11.8 Å². The van der Waals surface area contributed by atoms with Crippen molar-refractivity contribution in [3.05, 3.63) is 48.2 Å². The normalized spacial score (nSPS) is 15.7. The van der Waals surface area contributed by atoms with Crippen molar-refractivity contribution >= 4 is 39.4 Å². The van der Waals surface area contributed by atoms with Crippen LogP contribution in [0, 0.1) is 0 Å². The van der Waals surface area contributed by atoms with Gasteiger partial charge in [-0.05, 0) is 35.7 Å². The van der Waals surface area contributed by atoms with E-state index in [9.17, 15) is 4.79 Å². The second-order valence-electron chi connectivity index (χ2n) is 6.70. The van der Waals surface area contributed by atoms with Gasteiger partial charge >= 0.3 is 0 Å². The van der Waals surface area contributed by atoms with E-state index in [1.165, 1.54) is 32.1 Å². The summed E-state index contributed by atoms with van der Waals surface area (Å²) in [5.41, 5.74) is 0.764. The van der Waals surface area contributed by atoms with E-state index in [1.54, 1.807) is 0 Å². The van der Waals surface area contributed by atoms with Gasteiger partial charge in [-0.3, -0.25) is 4.79 Å². The van der Waals surface area contributed by atoms with Crippen molar-refractivity contribution in [3.63, 3.8) is 0 Å². The van der Waals surface area contributed by atoms with Gasteiger partial charge in [0.1, 0.15) is 5.58 Å². The number of benzene rings is 2. The van der Waals surface area contributed by atoms with Crippen LogP contribution in [0.15, 0.2) is 46.9 Å². The van der Waals surface area contributed by atoms with Gasteiger partial charge in [0, 0.05) is 22.9 Å². The van der Waals surface area contributed by atoms with Crippen molar-refractivity contribution in [1.82, 2.24) is 5.32 Å². The predicted molar refractivity (Wildman–Crippen MR) is 105 cm³/mol. The molecule has 0 bridgehead atoms. The van der Waals surface area contributed by atoms with E-state index in [0.29, 0.717) is 12.3 Å². The fraction of sp³-hybridized carbons (Fsp3) is 0.381. The molecule has 4 rings (SSSR count). The smallest absolute Gasteiger partial charge is 0.287 e. The number of furan rings is 1. The Kier molecular flexibility index (Phi) is 4.97. The molecule has 1 aliphatic carbocycles. The second-order valence-corrected chi connectivity index (χ2v) is 8.10. The van der Waals surface area contributed by atoms with Gasteiger partial charge < -0.3 is 9.73 Å². The third-order valence-electron chi connectivity index (χ3n) is 4.94. The average Bonchev–Trinajstić information content (AvgIpc) is 3.11. The first-order valence-electron chi connectivity index (χ1n) is 9.12. The quantitative estimate of drug-likeness (QED) is 0.626. The molecule has 25 heavy (non-hydrogen) atoms. The Hall–Kier alpha value is -1.94. The van der Waals surface area contributed by atoms with E-state index in [0.717, 1.165) is 32.7 Å². The maximum atomic E-state index is 12.4. The van der Waals surface area contributed by atoms with Gasteiger partial charge in [0.05, 0.1) is 0 Å². The van der Waals surface area contributed by atoms with Crippen molar-refractivity contribution in [3.8, 4) is 0 Å². The Labute approximate surface area is 152 Å². The van der Waals surface area contributed by atoms with E-state index in [4.69, 9.17) is 4.42 Å². The summed E-state index contributed by atoms with van der Waals surface area (Å²) in [4.78, 5) is 12.4. The van der Waals surface area contributed by atoms with E-state index in [2.05, 4.69) is 17.4 Å². The third-order valence-corrected chi connectivity index (χ3v) is 6.33. The van der Waals surface area contributed by atoms with Crippen molar-refractivity contribution in [2.75, 3.05) is 12.3 Å². The molecule has 3 nitrogen and oxygen atoms in total. The molecule has 0 atom stereocenters. The lowest BCUT2D eigenvalue weighted by Gasteiger charge is -2.20. The Morgan fingerprint density at radius 2 is 1.92 bits per heavy atom. The molecule has 0 aliphatic heterocycles. The minimum atomic E-state index is -0.121. The fourth-order valence-electron chi connectivity index (χ4n) is 3.61. The molecule has 2 aromatic carbocycles. The predicted octanol–water partition coefficient (Wildman–Crippen LogP) is 5.38. The van der Waals surface area contributed by atoms with Crippen LogP contribution in [-0.4, -0.2) is 23.5 Å². The molecule has 1 N–H and O–H groups in total. The number of amides is 1. The summed E-state index contributed by atoms with van der Waals surface area (Å²) >= 11 is 2.00. The number of carbonyl (C=O) groups excluding carboxylic acids is 1. The summed E-state index contributed by atoms with van der Waals surface area (Å²) in [6.45, 7) is 0.692. The number of thioether (sulfide) groups is 1. The minimum Gasteiger partial charge on any atom is -0.451 e. The van der Waals surface area contributed by atoms with Crippen LogP contribution in [0.1, 0.15) is 42.7 Å². The number of fused-ring (bicyclic) bond motifs is 3. The Morgan fingerprint density at radius 3 is 2.80 bits per heavy atom. The topological polar surface area (TPSA) is 42.2 Å². The van der Waals surface area contributed by atoms with Crippen molar-refractivity contribution < 1.29 is 9.21 Å². The van der Waals surface area contributed by atoms with Crippen molar-refractivity contribution in [2.24, 2.45) is 0 Å². The summed E-state index contributed by atoms with van der Waals surface area (Å²) in [6, 6.07) is 14.0. The first-order chi connectivity index (χ1) is 12.3. The van der Waals surface area contributed by atoms with Crippen LogP contribution in [0.25, 0.3) is 21.7 Å². The molecule has 130 valence electrons. The molecule has 4 heteroatoms. The van der Waals surface area contributed by atoms with Crippen LogP contribution in [0.2, 0.25) is 0 Å².